The lowest BCUT2D eigenvalue weighted by Gasteiger charge is -2.23. The van der Waals surface area contributed by atoms with E-state index in [1.54, 1.807) is 41.0 Å². The smallest absolute Gasteiger partial charge is 0.337 e. The Balaban J connectivity index is 1.66. The van der Waals surface area contributed by atoms with Crippen LogP contribution in [-0.2, 0) is 25.3 Å². The number of carbonyl (C=O) groups is 1. The predicted octanol–water partition coefficient (Wildman–Crippen LogP) is 7.10. The van der Waals surface area contributed by atoms with Crippen molar-refractivity contribution in [3.8, 4) is 11.1 Å². The van der Waals surface area contributed by atoms with Crippen LogP contribution in [-0.4, -0.2) is 22.4 Å². The SMILES string of the molecule is CC1Cc2cccc3c(-c4ccccc4)c(C(=O)N(C)Cc4cc(C(F)(F)F)cc(C(F)(F)F)c4)c(=O)n1c23. The summed E-state index contributed by atoms with van der Waals surface area (Å²) < 4.78 is 81.8. The molecule has 0 spiro atoms. The van der Waals surface area contributed by atoms with Gasteiger partial charge >= 0.3 is 12.4 Å². The van der Waals surface area contributed by atoms with E-state index in [1.165, 1.54) is 7.05 Å². The van der Waals surface area contributed by atoms with Crippen molar-refractivity contribution in [1.29, 1.82) is 0 Å². The van der Waals surface area contributed by atoms with Crippen molar-refractivity contribution in [3.63, 3.8) is 0 Å². The number of amides is 1. The molecule has 2 heterocycles. The molecule has 39 heavy (non-hydrogen) atoms. The molecular formula is C29H22F6N2O2. The molecule has 0 saturated heterocycles. The molecule has 4 nitrogen and oxygen atoms in total. The van der Waals surface area contributed by atoms with Crippen molar-refractivity contribution in [2.45, 2.75) is 38.3 Å². The predicted molar refractivity (Wildman–Crippen MR) is 134 cm³/mol. The van der Waals surface area contributed by atoms with Crippen LogP contribution in [0, 0.1) is 0 Å². The highest BCUT2D eigenvalue weighted by atomic mass is 19.4. The van der Waals surface area contributed by atoms with Gasteiger partial charge in [-0.1, -0.05) is 48.5 Å². The van der Waals surface area contributed by atoms with E-state index in [-0.39, 0.29) is 23.2 Å². The fourth-order valence-electron chi connectivity index (χ4n) is 5.29. The lowest BCUT2D eigenvalue weighted by atomic mass is 9.94. The van der Waals surface area contributed by atoms with Gasteiger partial charge in [0.15, 0.2) is 0 Å². The van der Waals surface area contributed by atoms with Gasteiger partial charge in [0.05, 0.1) is 16.6 Å². The number of pyridine rings is 1. The first kappa shape index (κ1) is 26.5. The Morgan fingerprint density at radius 1 is 0.923 bits per heavy atom. The molecule has 4 aromatic rings. The highest BCUT2D eigenvalue weighted by molar-refractivity contribution is 6.09. The highest BCUT2D eigenvalue weighted by Crippen LogP contribution is 2.39. The van der Waals surface area contributed by atoms with Crippen LogP contribution in [0.25, 0.3) is 22.0 Å². The first-order chi connectivity index (χ1) is 18.3. The van der Waals surface area contributed by atoms with Gasteiger partial charge in [-0.05, 0) is 48.2 Å². The Morgan fingerprint density at radius 3 is 2.13 bits per heavy atom. The van der Waals surface area contributed by atoms with E-state index in [9.17, 15) is 35.9 Å². The lowest BCUT2D eigenvalue weighted by molar-refractivity contribution is -0.143. The molecule has 1 amide bonds. The minimum atomic E-state index is -5.02. The number of alkyl halides is 6. The maximum Gasteiger partial charge on any atom is 0.416 e. The topological polar surface area (TPSA) is 42.3 Å². The second-order valence-electron chi connectivity index (χ2n) is 9.73. The lowest BCUT2D eigenvalue weighted by Crippen LogP contribution is -2.35. The highest BCUT2D eigenvalue weighted by Gasteiger charge is 2.37. The standard InChI is InChI=1S/C29H22F6N2O2/c1-16-11-19-9-6-10-22-23(18-7-4-3-5-8-18)24(27(39)37(16)25(19)22)26(38)36(2)15-17-12-20(28(30,31)32)14-21(13-17)29(33,34)35/h3-10,12-14,16H,11,15H2,1-2H3. The molecule has 1 aliphatic heterocycles. The third-order valence-electron chi connectivity index (χ3n) is 6.96. The fraction of sp³-hybridized carbons (Fsp3) is 0.241. The van der Waals surface area contributed by atoms with Gasteiger partial charge in [0.2, 0.25) is 0 Å². The summed E-state index contributed by atoms with van der Waals surface area (Å²) in [7, 11) is 1.25. The largest absolute Gasteiger partial charge is 0.416 e. The molecule has 0 N–H and O–H groups in total. The van der Waals surface area contributed by atoms with Crippen molar-refractivity contribution in [3.05, 3.63) is 105 Å². The summed E-state index contributed by atoms with van der Waals surface area (Å²) in [6.45, 7) is 1.27. The summed E-state index contributed by atoms with van der Waals surface area (Å²) in [6.07, 6.45) is -9.46. The average molecular weight is 544 g/mol. The zero-order valence-corrected chi connectivity index (χ0v) is 20.8. The van der Waals surface area contributed by atoms with Gasteiger partial charge < -0.3 is 9.47 Å². The molecule has 1 aliphatic rings. The molecule has 1 aromatic heterocycles. The minimum Gasteiger partial charge on any atom is -0.337 e. The number of hydrogen-bond acceptors (Lipinski definition) is 2. The second-order valence-corrected chi connectivity index (χ2v) is 9.73. The fourth-order valence-corrected chi connectivity index (χ4v) is 5.29. The van der Waals surface area contributed by atoms with E-state index in [4.69, 9.17) is 0 Å². The van der Waals surface area contributed by atoms with Crippen LogP contribution in [0.3, 0.4) is 0 Å². The second kappa shape index (κ2) is 9.29. The number of halogens is 6. The number of benzene rings is 3. The molecule has 0 saturated carbocycles. The van der Waals surface area contributed by atoms with Crippen LogP contribution in [0.4, 0.5) is 26.3 Å². The summed E-state index contributed by atoms with van der Waals surface area (Å²) in [5.74, 6) is -0.806. The van der Waals surface area contributed by atoms with E-state index < -0.39 is 41.5 Å². The molecule has 3 aromatic carbocycles. The summed E-state index contributed by atoms with van der Waals surface area (Å²) in [6, 6.07) is 15.3. The van der Waals surface area contributed by atoms with Crippen molar-refractivity contribution in [2.75, 3.05) is 7.05 Å². The number of carbonyl (C=O) groups excluding carboxylic acids is 1. The summed E-state index contributed by atoms with van der Waals surface area (Å²) in [5, 5.41) is 0.665. The van der Waals surface area contributed by atoms with Crippen molar-refractivity contribution >= 4 is 16.8 Å². The van der Waals surface area contributed by atoms with E-state index in [0.717, 1.165) is 10.5 Å². The molecule has 5 rings (SSSR count). The van der Waals surface area contributed by atoms with Gasteiger partial charge in [-0.15, -0.1) is 0 Å². The van der Waals surface area contributed by atoms with E-state index in [0.29, 0.717) is 40.6 Å². The third kappa shape index (κ3) is 4.68. The average Bonchev–Trinajstić information content (AvgIpc) is 3.21. The maximum absolute atomic E-state index is 13.8. The molecular weight excluding hydrogens is 522 g/mol. The van der Waals surface area contributed by atoms with Crippen molar-refractivity contribution in [2.24, 2.45) is 0 Å². The zero-order chi connectivity index (χ0) is 28.3. The normalized spacial score (nSPS) is 15.1. The Hall–Kier alpha value is -4.08. The maximum atomic E-state index is 13.8. The first-order valence-corrected chi connectivity index (χ1v) is 12.1. The van der Waals surface area contributed by atoms with Crippen LogP contribution < -0.4 is 5.56 Å². The molecule has 0 radical (unpaired) electrons. The number of rotatable bonds is 4. The Morgan fingerprint density at radius 2 is 1.54 bits per heavy atom. The van der Waals surface area contributed by atoms with Crippen LogP contribution in [0.15, 0.2) is 71.5 Å². The summed E-state index contributed by atoms with van der Waals surface area (Å²) in [5.41, 5.74) is -1.44. The van der Waals surface area contributed by atoms with Gasteiger partial charge in [-0.3, -0.25) is 9.59 Å². The van der Waals surface area contributed by atoms with Gasteiger partial charge in [-0.25, -0.2) is 0 Å². The zero-order valence-electron chi connectivity index (χ0n) is 20.8. The van der Waals surface area contributed by atoms with Crippen molar-refractivity contribution < 1.29 is 31.1 Å². The summed E-state index contributed by atoms with van der Waals surface area (Å²) in [4.78, 5) is 28.6. The van der Waals surface area contributed by atoms with Crippen LogP contribution in [0.5, 0.6) is 0 Å². The Kier molecular flexibility index (Phi) is 6.32. The number of aromatic nitrogens is 1. The van der Waals surface area contributed by atoms with Gasteiger partial charge in [-0.2, -0.15) is 26.3 Å². The molecule has 10 heteroatoms. The number of para-hydroxylation sites is 1. The van der Waals surface area contributed by atoms with Crippen molar-refractivity contribution in [1.82, 2.24) is 9.47 Å². The van der Waals surface area contributed by atoms with Gasteiger partial charge in [0, 0.05) is 30.6 Å². The van der Waals surface area contributed by atoms with E-state index in [2.05, 4.69) is 0 Å². The molecule has 202 valence electrons. The molecule has 1 atom stereocenters. The van der Waals surface area contributed by atoms with Crippen LogP contribution in [0.2, 0.25) is 0 Å². The Labute approximate surface area is 219 Å². The monoisotopic (exact) mass is 544 g/mol. The molecule has 0 fully saturated rings. The molecule has 0 aliphatic carbocycles. The number of hydrogen-bond donors (Lipinski definition) is 0. The van der Waals surface area contributed by atoms with E-state index >= 15 is 0 Å². The Bertz CT molecular complexity index is 1620. The number of nitrogens with zero attached hydrogens (tertiary/aromatic N) is 2. The summed E-state index contributed by atoms with van der Waals surface area (Å²) >= 11 is 0. The van der Waals surface area contributed by atoms with Crippen LogP contribution in [0.1, 0.15) is 45.6 Å². The van der Waals surface area contributed by atoms with Crippen LogP contribution >= 0.6 is 0 Å². The quantitative estimate of drug-likeness (QED) is 0.257. The molecule has 1 unspecified atom stereocenters. The minimum absolute atomic E-state index is 0.0370. The first-order valence-electron chi connectivity index (χ1n) is 12.1. The van der Waals surface area contributed by atoms with Gasteiger partial charge in [0.1, 0.15) is 5.56 Å². The third-order valence-corrected chi connectivity index (χ3v) is 6.96. The van der Waals surface area contributed by atoms with E-state index in [1.807, 2.05) is 19.1 Å². The molecule has 0 bridgehead atoms. The van der Waals surface area contributed by atoms with Gasteiger partial charge in [0.25, 0.3) is 11.5 Å².